The predicted molar refractivity (Wildman–Crippen MR) is 104 cm³/mol. The Hall–Kier alpha value is -2.62. The van der Waals surface area contributed by atoms with Gasteiger partial charge in [-0.1, -0.05) is 12.1 Å². The highest BCUT2D eigenvalue weighted by Crippen LogP contribution is 2.30. The highest BCUT2D eigenvalue weighted by molar-refractivity contribution is 6.05. The number of hydrogen-bond donors (Lipinski definition) is 3. The lowest BCUT2D eigenvalue weighted by Gasteiger charge is -2.23. The van der Waals surface area contributed by atoms with E-state index in [9.17, 15) is 22.8 Å². The topological polar surface area (TPSA) is 79.5 Å². The molecule has 6 nitrogen and oxygen atoms in total. The third-order valence-corrected chi connectivity index (χ3v) is 4.08. The summed E-state index contributed by atoms with van der Waals surface area (Å²) in [6.45, 7) is 1.36. The van der Waals surface area contributed by atoms with Crippen LogP contribution >= 0.6 is 12.4 Å². The van der Waals surface area contributed by atoms with Gasteiger partial charge < -0.3 is 20.7 Å². The number of morpholine rings is 1. The summed E-state index contributed by atoms with van der Waals surface area (Å²) in [7, 11) is 0. The fraction of sp³-hybridized carbons (Fsp3) is 0.263. The highest BCUT2D eigenvalue weighted by atomic mass is 35.5. The van der Waals surface area contributed by atoms with Crippen molar-refractivity contribution >= 4 is 35.6 Å². The van der Waals surface area contributed by atoms with Crippen molar-refractivity contribution in [3.05, 3.63) is 59.7 Å². The molecule has 3 rings (SSSR count). The summed E-state index contributed by atoms with van der Waals surface area (Å²) in [5.41, 5.74) is -0.233. The molecule has 1 aliphatic heterocycles. The number of nitrogens with one attached hydrogen (secondary N) is 3. The second-order valence-electron chi connectivity index (χ2n) is 6.18. The van der Waals surface area contributed by atoms with Crippen LogP contribution in [0.4, 0.5) is 24.5 Å². The van der Waals surface area contributed by atoms with Gasteiger partial charge in [0.25, 0.3) is 5.91 Å². The van der Waals surface area contributed by atoms with E-state index in [2.05, 4.69) is 16.0 Å². The minimum absolute atomic E-state index is 0. The molecule has 1 saturated heterocycles. The third kappa shape index (κ3) is 6.18. The summed E-state index contributed by atoms with van der Waals surface area (Å²) in [6, 6.07) is 10.0. The minimum Gasteiger partial charge on any atom is -0.378 e. The summed E-state index contributed by atoms with van der Waals surface area (Å²) in [5.74, 6) is -0.885. The van der Waals surface area contributed by atoms with Gasteiger partial charge in [-0.05, 0) is 36.4 Å². The first-order valence-electron chi connectivity index (χ1n) is 8.53. The Morgan fingerprint density at radius 3 is 2.38 bits per heavy atom. The zero-order valence-corrected chi connectivity index (χ0v) is 15.9. The molecule has 1 unspecified atom stereocenters. The molecule has 0 aromatic heterocycles. The molecule has 1 heterocycles. The van der Waals surface area contributed by atoms with Crippen LogP contribution in [0.25, 0.3) is 0 Å². The molecule has 156 valence electrons. The maximum atomic E-state index is 12.8. The average molecular weight is 430 g/mol. The summed E-state index contributed by atoms with van der Waals surface area (Å²) >= 11 is 0. The molecule has 1 fully saturated rings. The van der Waals surface area contributed by atoms with Gasteiger partial charge in [0.15, 0.2) is 0 Å². The summed E-state index contributed by atoms with van der Waals surface area (Å²) in [5, 5.41) is 8.14. The van der Waals surface area contributed by atoms with E-state index in [4.69, 9.17) is 4.74 Å². The van der Waals surface area contributed by atoms with E-state index in [0.29, 0.717) is 18.8 Å². The summed E-state index contributed by atoms with van der Waals surface area (Å²) in [4.78, 5) is 24.6. The van der Waals surface area contributed by atoms with Crippen LogP contribution in [0.2, 0.25) is 0 Å². The van der Waals surface area contributed by atoms with Crippen molar-refractivity contribution in [1.29, 1.82) is 0 Å². The van der Waals surface area contributed by atoms with Gasteiger partial charge in [0.1, 0.15) is 6.04 Å². The van der Waals surface area contributed by atoms with E-state index in [1.54, 1.807) is 12.1 Å². The number of rotatable bonds is 4. The van der Waals surface area contributed by atoms with Crippen molar-refractivity contribution in [2.45, 2.75) is 12.2 Å². The number of halogens is 4. The first kappa shape index (κ1) is 22.7. The molecule has 0 radical (unpaired) electrons. The fourth-order valence-electron chi connectivity index (χ4n) is 2.68. The van der Waals surface area contributed by atoms with E-state index < -0.39 is 23.7 Å². The van der Waals surface area contributed by atoms with Gasteiger partial charge >= 0.3 is 6.18 Å². The second kappa shape index (κ2) is 9.73. The van der Waals surface area contributed by atoms with E-state index in [0.717, 1.165) is 12.1 Å². The van der Waals surface area contributed by atoms with Crippen molar-refractivity contribution in [2.24, 2.45) is 0 Å². The van der Waals surface area contributed by atoms with E-state index in [1.807, 2.05) is 0 Å². The van der Waals surface area contributed by atoms with Crippen molar-refractivity contribution in [1.82, 2.24) is 5.32 Å². The number of carbonyl (C=O) groups excluding carboxylic acids is 2. The Kier molecular flexibility index (Phi) is 7.60. The van der Waals surface area contributed by atoms with Crippen molar-refractivity contribution in [3.8, 4) is 0 Å². The lowest BCUT2D eigenvalue weighted by Crippen LogP contribution is -2.48. The zero-order valence-electron chi connectivity index (χ0n) is 15.1. The molecule has 10 heteroatoms. The largest absolute Gasteiger partial charge is 0.416 e. The monoisotopic (exact) mass is 429 g/mol. The van der Waals surface area contributed by atoms with Crippen LogP contribution in [0.1, 0.15) is 15.9 Å². The highest BCUT2D eigenvalue weighted by Gasteiger charge is 2.30. The van der Waals surface area contributed by atoms with Crippen LogP contribution in [-0.2, 0) is 15.7 Å². The third-order valence-electron chi connectivity index (χ3n) is 4.08. The van der Waals surface area contributed by atoms with Crippen LogP contribution in [-0.4, -0.2) is 37.6 Å². The number of alkyl halides is 3. The summed E-state index contributed by atoms with van der Waals surface area (Å²) in [6.07, 6.45) is -4.50. The molecule has 0 bridgehead atoms. The number of benzene rings is 2. The molecular weight excluding hydrogens is 411 g/mol. The maximum Gasteiger partial charge on any atom is 0.416 e. The molecular formula is C19H19ClF3N3O3. The Balaban J connectivity index is 0.00000300. The number of amides is 2. The summed E-state index contributed by atoms with van der Waals surface area (Å²) < 4.78 is 43.6. The Labute approximate surface area is 171 Å². The SMILES string of the molecule is Cl.O=C(Nc1cccc(C(F)(F)F)c1)c1cccc(NC(=O)C2COCCN2)c1. The number of anilines is 2. The predicted octanol–water partition coefficient (Wildman–Crippen LogP) is 3.31. The molecule has 2 aromatic carbocycles. The number of ether oxygens (including phenoxy) is 1. The van der Waals surface area contributed by atoms with Crippen LogP contribution in [0.5, 0.6) is 0 Å². The Bertz CT molecular complexity index is 871. The minimum atomic E-state index is -4.50. The standard InChI is InChI=1S/C19H18F3N3O3.ClH/c20-19(21,22)13-4-2-6-15(10-13)24-17(26)12-3-1-5-14(9-12)25-18(27)16-11-28-8-7-23-16;/h1-6,9-10,16,23H,7-8,11H2,(H,24,26)(H,25,27);1H. The molecule has 0 aliphatic carbocycles. The van der Waals surface area contributed by atoms with Crippen LogP contribution in [0.15, 0.2) is 48.5 Å². The molecule has 3 N–H and O–H groups in total. The molecule has 2 aromatic rings. The second-order valence-corrected chi connectivity index (χ2v) is 6.18. The lowest BCUT2D eigenvalue weighted by molar-refractivity contribution is -0.137. The first-order chi connectivity index (χ1) is 13.3. The lowest BCUT2D eigenvalue weighted by atomic mass is 10.1. The van der Waals surface area contributed by atoms with Crippen LogP contribution in [0.3, 0.4) is 0 Å². The average Bonchev–Trinajstić information content (AvgIpc) is 2.68. The van der Waals surface area contributed by atoms with Crippen molar-refractivity contribution < 1.29 is 27.5 Å². The van der Waals surface area contributed by atoms with Crippen molar-refractivity contribution in [3.63, 3.8) is 0 Å². The van der Waals surface area contributed by atoms with Crippen LogP contribution < -0.4 is 16.0 Å². The Morgan fingerprint density at radius 1 is 1.03 bits per heavy atom. The maximum absolute atomic E-state index is 12.8. The Morgan fingerprint density at radius 2 is 1.72 bits per heavy atom. The van der Waals surface area contributed by atoms with Gasteiger partial charge in [0, 0.05) is 23.5 Å². The molecule has 1 aliphatic rings. The van der Waals surface area contributed by atoms with Gasteiger partial charge in [-0.3, -0.25) is 9.59 Å². The first-order valence-corrected chi connectivity index (χ1v) is 8.53. The van der Waals surface area contributed by atoms with E-state index >= 15 is 0 Å². The normalized spacial score (nSPS) is 16.4. The van der Waals surface area contributed by atoms with Gasteiger partial charge in [-0.15, -0.1) is 12.4 Å². The van der Waals surface area contributed by atoms with Crippen molar-refractivity contribution in [2.75, 3.05) is 30.4 Å². The molecule has 2 amide bonds. The van der Waals surface area contributed by atoms with Gasteiger partial charge in [0.2, 0.25) is 5.91 Å². The zero-order chi connectivity index (χ0) is 20.1. The smallest absolute Gasteiger partial charge is 0.378 e. The van der Waals surface area contributed by atoms with Gasteiger partial charge in [-0.2, -0.15) is 13.2 Å². The van der Waals surface area contributed by atoms with E-state index in [1.165, 1.54) is 24.3 Å². The van der Waals surface area contributed by atoms with Crippen LogP contribution in [0, 0.1) is 0 Å². The number of carbonyl (C=O) groups is 2. The molecule has 0 spiro atoms. The molecule has 29 heavy (non-hydrogen) atoms. The number of hydrogen-bond acceptors (Lipinski definition) is 4. The fourth-order valence-corrected chi connectivity index (χ4v) is 2.68. The molecule has 1 atom stereocenters. The van der Waals surface area contributed by atoms with E-state index in [-0.39, 0.29) is 36.2 Å². The molecule has 0 saturated carbocycles. The van der Waals surface area contributed by atoms with Gasteiger partial charge in [-0.25, -0.2) is 0 Å². The quantitative estimate of drug-likeness (QED) is 0.696. The van der Waals surface area contributed by atoms with Gasteiger partial charge in [0.05, 0.1) is 18.8 Å².